The van der Waals surface area contributed by atoms with Gasteiger partial charge in [-0.1, -0.05) is 36.9 Å². The molecule has 2 nitrogen and oxygen atoms in total. The molecule has 0 saturated heterocycles. The van der Waals surface area contributed by atoms with Crippen LogP contribution in [0, 0.1) is 0 Å². The zero-order chi connectivity index (χ0) is 10.6. The Kier molecular flexibility index (Phi) is 3.65. The van der Waals surface area contributed by atoms with Crippen molar-refractivity contribution in [2.45, 2.75) is 13.1 Å². The number of hydrogen-bond acceptors (Lipinski definition) is 2. The number of carbonyl (C=O) groups is 1. The Morgan fingerprint density at radius 1 is 1.29 bits per heavy atom. The van der Waals surface area contributed by atoms with Crippen molar-refractivity contribution in [3.63, 3.8) is 0 Å². The van der Waals surface area contributed by atoms with Gasteiger partial charge in [0.2, 0.25) is 9.04 Å². The van der Waals surface area contributed by atoms with E-state index in [-0.39, 0.29) is 5.97 Å². The van der Waals surface area contributed by atoms with Crippen LogP contribution >= 0.6 is 0 Å². The zero-order valence-corrected chi connectivity index (χ0v) is 9.64. The molecular formula is C11H14O2Si. The molecule has 0 spiro atoms. The minimum absolute atomic E-state index is 0.294. The van der Waals surface area contributed by atoms with Crippen molar-refractivity contribution in [3.8, 4) is 0 Å². The Hall–Kier alpha value is -1.35. The fourth-order valence-corrected chi connectivity index (χ4v) is 1.61. The Labute approximate surface area is 85.9 Å². The number of carbonyl (C=O) groups excluding carboxylic acids is 1. The quantitative estimate of drug-likeness (QED) is 0.560. The molecule has 0 saturated carbocycles. The minimum Gasteiger partial charge on any atom is -0.519 e. The SMILES string of the molecule is C=C(C(=O)O[SiH](C)C)c1ccccc1. The number of rotatable bonds is 3. The lowest BCUT2D eigenvalue weighted by atomic mass is 10.1. The summed E-state index contributed by atoms with van der Waals surface area (Å²) in [5, 5.41) is 0. The molecule has 0 aliphatic rings. The van der Waals surface area contributed by atoms with Crippen LogP contribution in [0.4, 0.5) is 0 Å². The van der Waals surface area contributed by atoms with Gasteiger partial charge in [-0.3, -0.25) is 0 Å². The van der Waals surface area contributed by atoms with Gasteiger partial charge in [0.15, 0.2) is 0 Å². The molecule has 0 unspecified atom stereocenters. The molecule has 74 valence electrons. The van der Waals surface area contributed by atoms with Crippen molar-refractivity contribution in [3.05, 3.63) is 42.5 Å². The van der Waals surface area contributed by atoms with E-state index in [1.54, 1.807) is 0 Å². The molecule has 0 amide bonds. The summed E-state index contributed by atoms with van der Waals surface area (Å²) in [6.07, 6.45) is 0. The van der Waals surface area contributed by atoms with Gasteiger partial charge in [-0.25, -0.2) is 4.79 Å². The number of hydrogen-bond donors (Lipinski definition) is 0. The molecule has 0 atom stereocenters. The van der Waals surface area contributed by atoms with Crippen LogP contribution in [0.1, 0.15) is 5.56 Å². The van der Waals surface area contributed by atoms with Gasteiger partial charge >= 0.3 is 5.97 Å². The first-order valence-electron chi connectivity index (χ1n) is 4.56. The van der Waals surface area contributed by atoms with Crippen LogP contribution in [0.3, 0.4) is 0 Å². The molecule has 0 fully saturated rings. The summed E-state index contributed by atoms with van der Waals surface area (Å²) in [7, 11) is -1.32. The van der Waals surface area contributed by atoms with Crippen molar-refractivity contribution in [1.29, 1.82) is 0 Å². The first-order valence-corrected chi connectivity index (χ1v) is 7.34. The summed E-state index contributed by atoms with van der Waals surface area (Å²) < 4.78 is 5.17. The monoisotopic (exact) mass is 206 g/mol. The Bertz CT molecular complexity index is 330. The highest BCUT2D eigenvalue weighted by Gasteiger charge is 2.11. The first-order chi connectivity index (χ1) is 6.61. The highest BCUT2D eigenvalue weighted by Crippen LogP contribution is 2.13. The molecule has 3 heteroatoms. The molecule has 1 aromatic carbocycles. The van der Waals surface area contributed by atoms with Crippen LogP contribution in [0.2, 0.25) is 13.1 Å². The van der Waals surface area contributed by atoms with Gasteiger partial charge in [-0.05, 0) is 18.7 Å². The second kappa shape index (κ2) is 4.76. The fraction of sp³-hybridized carbons (Fsp3) is 0.182. The van der Waals surface area contributed by atoms with Gasteiger partial charge in [0.1, 0.15) is 0 Å². The molecular weight excluding hydrogens is 192 g/mol. The maximum absolute atomic E-state index is 11.5. The van der Waals surface area contributed by atoms with Crippen LogP contribution in [-0.4, -0.2) is 15.0 Å². The van der Waals surface area contributed by atoms with E-state index in [2.05, 4.69) is 6.58 Å². The molecule has 0 N–H and O–H groups in total. The Morgan fingerprint density at radius 2 is 1.86 bits per heavy atom. The third kappa shape index (κ3) is 2.85. The molecule has 1 aromatic rings. The van der Waals surface area contributed by atoms with Crippen molar-refractivity contribution < 1.29 is 9.22 Å². The van der Waals surface area contributed by atoms with Gasteiger partial charge in [-0.15, -0.1) is 0 Å². The molecule has 0 radical (unpaired) electrons. The summed E-state index contributed by atoms with van der Waals surface area (Å²) in [6.45, 7) is 7.63. The predicted octanol–water partition coefficient (Wildman–Crippen LogP) is 2.23. The van der Waals surface area contributed by atoms with Crippen molar-refractivity contribution >= 4 is 20.6 Å². The topological polar surface area (TPSA) is 26.3 Å². The third-order valence-corrected chi connectivity index (χ3v) is 2.40. The first kappa shape index (κ1) is 10.7. The maximum Gasteiger partial charge on any atom is 0.324 e. The predicted molar refractivity (Wildman–Crippen MR) is 60.4 cm³/mol. The fourth-order valence-electron chi connectivity index (χ4n) is 1.04. The molecule has 1 rings (SSSR count). The summed E-state index contributed by atoms with van der Waals surface area (Å²) >= 11 is 0. The lowest BCUT2D eigenvalue weighted by Crippen LogP contribution is -2.15. The van der Waals surface area contributed by atoms with Gasteiger partial charge in [0, 0.05) is 0 Å². The minimum atomic E-state index is -1.32. The normalized spacial score (nSPS) is 9.93. The maximum atomic E-state index is 11.5. The Balaban J connectivity index is 2.72. The van der Waals surface area contributed by atoms with E-state index in [4.69, 9.17) is 4.43 Å². The average Bonchev–Trinajstić information content (AvgIpc) is 2.17. The van der Waals surface area contributed by atoms with E-state index >= 15 is 0 Å². The van der Waals surface area contributed by atoms with Gasteiger partial charge in [-0.2, -0.15) is 0 Å². The van der Waals surface area contributed by atoms with E-state index in [0.29, 0.717) is 5.57 Å². The summed E-state index contributed by atoms with van der Waals surface area (Å²) in [5.41, 5.74) is 1.26. The van der Waals surface area contributed by atoms with E-state index in [0.717, 1.165) is 5.56 Å². The lowest BCUT2D eigenvalue weighted by molar-refractivity contribution is -0.128. The molecule has 0 heterocycles. The third-order valence-electron chi connectivity index (χ3n) is 1.71. The second-order valence-corrected chi connectivity index (χ2v) is 5.63. The molecule has 0 aliphatic carbocycles. The second-order valence-electron chi connectivity index (χ2n) is 3.30. The Morgan fingerprint density at radius 3 is 2.36 bits per heavy atom. The van der Waals surface area contributed by atoms with Crippen LogP contribution in [0.5, 0.6) is 0 Å². The van der Waals surface area contributed by atoms with Crippen molar-refractivity contribution in [2.75, 3.05) is 0 Å². The molecule has 14 heavy (non-hydrogen) atoms. The highest BCUT2D eigenvalue weighted by atomic mass is 28.3. The van der Waals surface area contributed by atoms with Crippen LogP contribution in [0.25, 0.3) is 5.57 Å². The van der Waals surface area contributed by atoms with Crippen molar-refractivity contribution in [2.24, 2.45) is 0 Å². The molecule has 0 aliphatic heterocycles. The van der Waals surface area contributed by atoms with E-state index in [1.165, 1.54) is 0 Å². The zero-order valence-electron chi connectivity index (χ0n) is 8.49. The van der Waals surface area contributed by atoms with Crippen LogP contribution in [0.15, 0.2) is 36.9 Å². The van der Waals surface area contributed by atoms with Crippen molar-refractivity contribution in [1.82, 2.24) is 0 Å². The number of benzene rings is 1. The van der Waals surface area contributed by atoms with Crippen LogP contribution in [-0.2, 0) is 9.22 Å². The highest BCUT2D eigenvalue weighted by molar-refractivity contribution is 6.52. The summed E-state index contributed by atoms with van der Waals surface area (Å²) in [5.74, 6) is -0.294. The smallest absolute Gasteiger partial charge is 0.324 e. The van der Waals surface area contributed by atoms with E-state index in [9.17, 15) is 4.79 Å². The molecule has 0 aromatic heterocycles. The largest absolute Gasteiger partial charge is 0.519 e. The lowest BCUT2D eigenvalue weighted by Gasteiger charge is -2.09. The summed E-state index contributed by atoms with van der Waals surface area (Å²) in [6, 6.07) is 9.36. The van der Waals surface area contributed by atoms with E-state index in [1.807, 2.05) is 43.4 Å². The standard InChI is InChI=1S/C11H14O2Si/c1-9(11(12)13-14(2)3)10-7-5-4-6-8-10/h4-8,14H,1H2,2-3H3. The van der Waals surface area contributed by atoms with Crippen LogP contribution < -0.4 is 0 Å². The van der Waals surface area contributed by atoms with Gasteiger partial charge in [0.25, 0.3) is 0 Å². The summed E-state index contributed by atoms with van der Waals surface area (Å²) in [4.78, 5) is 11.5. The van der Waals surface area contributed by atoms with E-state index < -0.39 is 9.04 Å². The van der Waals surface area contributed by atoms with Gasteiger partial charge in [0.05, 0.1) is 5.57 Å². The average molecular weight is 206 g/mol. The van der Waals surface area contributed by atoms with Gasteiger partial charge < -0.3 is 4.43 Å². The molecule has 0 bridgehead atoms.